The molecule has 2 N–H and O–H groups in total. The SMILES string of the molecule is CN(C)c1ccc(C(=O)NC2CC(c3nnc(CO)n3C)C2)c2ccccc12. The van der Waals surface area contributed by atoms with E-state index in [0.717, 1.165) is 35.1 Å². The van der Waals surface area contributed by atoms with E-state index in [4.69, 9.17) is 0 Å². The minimum absolute atomic E-state index is 0.0426. The molecule has 1 fully saturated rings. The number of hydrogen-bond donors (Lipinski definition) is 2. The fourth-order valence-corrected chi connectivity index (χ4v) is 3.95. The van der Waals surface area contributed by atoms with Crippen LogP contribution in [0.5, 0.6) is 0 Å². The van der Waals surface area contributed by atoms with Gasteiger partial charge in [-0.2, -0.15) is 0 Å². The summed E-state index contributed by atoms with van der Waals surface area (Å²) in [5.41, 5.74) is 1.80. The summed E-state index contributed by atoms with van der Waals surface area (Å²) in [4.78, 5) is 15.0. The minimum atomic E-state index is -0.119. The van der Waals surface area contributed by atoms with E-state index in [0.29, 0.717) is 11.4 Å². The summed E-state index contributed by atoms with van der Waals surface area (Å²) >= 11 is 0. The second kappa shape index (κ2) is 7.24. The van der Waals surface area contributed by atoms with Crippen molar-refractivity contribution in [3.8, 4) is 0 Å². The first kappa shape index (κ1) is 18.4. The number of rotatable bonds is 5. The van der Waals surface area contributed by atoms with Crippen molar-refractivity contribution >= 4 is 22.4 Å². The maximum absolute atomic E-state index is 12.9. The van der Waals surface area contributed by atoms with Gasteiger partial charge in [-0.05, 0) is 30.4 Å². The number of nitrogens with zero attached hydrogens (tertiary/aromatic N) is 4. The molecule has 146 valence electrons. The van der Waals surface area contributed by atoms with Crippen molar-refractivity contribution in [2.45, 2.75) is 31.4 Å². The summed E-state index contributed by atoms with van der Waals surface area (Å²) in [7, 11) is 5.88. The lowest BCUT2D eigenvalue weighted by Crippen LogP contribution is -2.44. The molecule has 3 aromatic rings. The van der Waals surface area contributed by atoms with Crippen molar-refractivity contribution in [1.29, 1.82) is 0 Å². The average Bonchev–Trinajstić information content (AvgIpc) is 3.03. The number of anilines is 1. The number of amides is 1. The van der Waals surface area contributed by atoms with Crippen molar-refractivity contribution in [1.82, 2.24) is 20.1 Å². The molecule has 1 amide bonds. The Hall–Kier alpha value is -2.93. The highest BCUT2D eigenvalue weighted by molar-refractivity contribution is 6.10. The first-order chi connectivity index (χ1) is 13.5. The Balaban J connectivity index is 1.48. The predicted octanol–water partition coefficient (Wildman–Crippen LogP) is 2.20. The molecule has 1 heterocycles. The van der Waals surface area contributed by atoms with Crippen molar-refractivity contribution < 1.29 is 9.90 Å². The van der Waals surface area contributed by atoms with Crippen LogP contribution in [0.25, 0.3) is 10.8 Å². The molecule has 28 heavy (non-hydrogen) atoms. The van der Waals surface area contributed by atoms with E-state index in [1.54, 1.807) is 0 Å². The van der Waals surface area contributed by atoms with E-state index in [-0.39, 0.29) is 24.5 Å². The van der Waals surface area contributed by atoms with Crippen LogP contribution in [0, 0.1) is 0 Å². The molecule has 0 spiro atoms. The molecule has 7 heteroatoms. The van der Waals surface area contributed by atoms with E-state index in [1.807, 2.05) is 62.1 Å². The second-order valence-corrected chi connectivity index (χ2v) is 7.60. The van der Waals surface area contributed by atoms with Gasteiger partial charge >= 0.3 is 0 Å². The molecule has 1 aliphatic carbocycles. The number of aliphatic hydroxyl groups excluding tert-OH is 1. The third-order valence-corrected chi connectivity index (χ3v) is 5.61. The number of carbonyl (C=O) groups is 1. The van der Waals surface area contributed by atoms with Gasteiger partial charge in [-0.3, -0.25) is 4.79 Å². The topological polar surface area (TPSA) is 83.3 Å². The van der Waals surface area contributed by atoms with E-state index < -0.39 is 0 Å². The molecule has 1 aromatic heterocycles. The lowest BCUT2D eigenvalue weighted by Gasteiger charge is -2.35. The Morgan fingerprint density at radius 1 is 1.18 bits per heavy atom. The first-order valence-electron chi connectivity index (χ1n) is 9.48. The van der Waals surface area contributed by atoms with Gasteiger partial charge in [0.05, 0.1) is 0 Å². The highest BCUT2D eigenvalue weighted by Crippen LogP contribution is 2.36. The summed E-state index contributed by atoms with van der Waals surface area (Å²) in [5, 5.41) is 22.6. The molecule has 0 aliphatic heterocycles. The molecular weight excluding hydrogens is 354 g/mol. The summed E-state index contributed by atoms with van der Waals surface area (Å²) in [6.45, 7) is -0.119. The van der Waals surface area contributed by atoms with Gasteiger partial charge in [0.25, 0.3) is 5.91 Å². The highest BCUT2D eigenvalue weighted by atomic mass is 16.3. The van der Waals surface area contributed by atoms with Crippen molar-refractivity contribution in [2.75, 3.05) is 19.0 Å². The standard InChI is InChI=1S/C21H25N5O2/c1-25(2)18-9-8-17(15-6-4-5-7-16(15)18)21(28)22-14-10-13(11-14)20-24-23-19(12-27)26(20)3/h4-9,13-14,27H,10-12H2,1-3H3,(H,22,28). The molecule has 4 rings (SSSR count). The van der Waals surface area contributed by atoms with Crippen LogP contribution in [0.15, 0.2) is 36.4 Å². The molecule has 0 bridgehead atoms. The van der Waals surface area contributed by atoms with Gasteiger partial charge in [0.15, 0.2) is 5.82 Å². The Kier molecular flexibility index (Phi) is 4.77. The van der Waals surface area contributed by atoms with Crippen LogP contribution in [-0.2, 0) is 13.7 Å². The van der Waals surface area contributed by atoms with E-state index >= 15 is 0 Å². The Morgan fingerprint density at radius 2 is 1.89 bits per heavy atom. The van der Waals surface area contributed by atoms with Crippen molar-refractivity contribution in [2.24, 2.45) is 7.05 Å². The number of hydrogen-bond acceptors (Lipinski definition) is 5. The van der Waals surface area contributed by atoms with Crippen LogP contribution < -0.4 is 10.2 Å². The number of aliphatic hydroxyl groups is 1. The largest absolute Gasteiger partial charge is 0.388 e. The fourth-order valence-electron chi connectivity index (χ4n) is 3.95. The van der Waals surface area contributed by atoms with Gasteiger partial charge in [0.1, 0.15) is 12.4 Å². The Labute approximate surface area is 164 Å². The minimum Gasteiger partial charge on any atom is -0.388 e. The molecule has 0 saturated heterocycles. The van der Waals surface area contributed by atoms with Crippen LogP contribution >= 0.6 is 0 Å². The highest BCUT2D eigenvalue weighted by Gasteiger charge is 2.35. The number of nitrogens with one attached hydrogen (secondary N) is 1. The smallest absolute Gasteiger partial charge is 0.252 e. The molecule has 1 aliphatic rings. The summed E-state index contributed by atoms with van der Waals surface area (Å²) in [6.07, 6.45) is 1.66. The van der Waals surface area contributed by atoms with Gasteiger partial charge in [0.2, 0.25) is 0 Å². The van der Waals surface area contributed by atoms with E-state index in [9.17, 15) is 9.90 Å². The maximum atomic E-state index is 12.9. The fraction of sp³-hybridized carbons (Fsp3) is 0.381. The molecule has 0 unspecified atom stereocenters. The quantitative estimate of drug-likeness (QED) is 0.710. The molecule has 1 saturated carbocycles. The van der Waals surface area contributed by atoms with Gasteiger partial charge in [-0.1, -0.05) is 24.3 Å². The van der Waals surface area contributed by atoms with Crippen LogP contribution in [-0.4, -0.2) is 45.9 Å². The van der Waals surface area contributed by atoms with Crippen LogP contribution in [0.4, 0.5) is 5.69 Å². The molecule has 2 aromatic carbocycles. The third-order valence-electron chi connectivity index (χ3n) is 5.61. The van der Waals surface area contributed by atoms with Crippen LogP contribution in [0.2, 0.25) is 0 Å². The van der Waals surface area contributed by atoms with E-state index in [1.165, 1.54) is 0 Å². The molecule has 0 radical (unpaired) electrons. The third kappa shape index (κ3) is 3.11. The van der Waals surface area contributed by atoms with Gasteiger partial charge in [-0.25, -0.2) is 0 Å². The zero-order chi connectivity index (χ0) is 19.8. The normalized spacial score (nSPS) is 18.7. The first-order valence-corrected chi connectivity index (χ1v) is 9.48. The average molecular weight is 379 g/mol. The molecule has 7 nitrogen and oxygen atoms in total. The summed E-state index contributed by atoms with van der Waals surface area (Å²) in [5.74, 6) is 1.65. The van der Waals surface area contributed by atoms with Gasteiger partial charge in [0, 0.05) is 49.7 Å². The Morgan fingerprint density at radius 3 is 2.54 bits per heavy atom. The van der Waals surface area contributed by atoms with Crippen molar-refractivity contribution in [3.05, 3.63) is 53.6 Å². The van der Waals surface area contributed by atoms with Gasteiger partial charge in [-0.15, -0.1) is 10.2 Å². The molecular formula is C21H25N5O2. The Bertz CT molecular complexity index is 1020. The zero-order valence-corrected chi connectivity index (χ0v) is 16.4. The number of benzene rings is 2. The summed E-state index contributed by atoms with van der Waals surface area (Å²) in [6, 6.07) is 12.0. The predicted molar refractivity (Wildman–Crippen MR) is 108 cm³/mol. The lowest BCUT2D eigenvalue weighted by molar-refractivity contribution is 0.0908. The number of carbonyl (C=O) groups excluding carboxylic acids is 1. The van der Waals surface area contributed by atoms with Gasteiger partial charge < -0.3 is 19.9 Å². The lowest BCUT2D eigenvalue weighted by atomic mass is 9.79. The number of fused-ring (bicyclic) bond motifs is 1. The van der Waals surface area contributed by atoms with Crippen LogP contribution in [0.1, 0.15) is 40.8 Å². The molecule has 0 atom stereocenters. The maximum Gasteiger partial charge on any atom is 0.252 e. The monoisotopic (exact) mass is 379 g/mol. The van der Waals surface area contributed by atoms with E-state index in [2.05, 4.69) is 20.4 Å². The summed E-state index contributed by atoms with van der Waals surface area (Å²) < 4.78 is 1.84. The second-order valence-electron chi connectivity index (χ2n) is 7.60. The van der Waals surface area contributed by atoms with Crippen molar-refractivity contribution in [3.63, 3.8) is 0 Å². The number of aromatic nitrogens is 3. The van der Waals surface area contributed by atoms with Crippen LogP contribution in [0.3, 0.4) is 0 Å². The zero-order valence-electron chi connectivity index (χ0n) is 16.4.